The van der Waals surface area contributed by atoms with Crippen LogP contribution < -0.4 is 5.32 Å². The van der Waals surface area contributed by atoms with E-state index in [1.807, 2.05) is 0 Å². The summed E-state index contributed by atoms with van der Waals surface area (Å²) in [5.41, 5.74) is -0.173. The monoisotopic (exact) mass is 216 g/mol. The van der Waals surface area contributed by atoms with E-state index in [2.05, 4.69) is 24.1 Å². The van der Waals surface area contributed by atoms with Crippen LogP contribution in [-0.4, -0.2) is 61.5 Å². The van der Waals surface area contributed by atoms with Crippen molar-refractivity contribution in [3.8, 4) is 0 Å². The summed E-state index contributed by atoms with van der Waals surface area (Å²) >= 11 is 0. The molecule has 0 bridgehead atoms. The summed E-state index contributed by atoms with van der Waals surface area (Å²) in [6.45, 7) is 9.84. The van der Waals surface area contributed by atoms with Crippen molar-refractivity contribution in [3.05, 3.63) is 0 Å². The first kappa shape index (κ1) is 12.9. The van der Waals surface area contributed by atoms with E-state index >= 15 is 0 Å². The van der Waals surface area contributed by atoms with Crippen LogP contribution in [0, 0.1) is 0 Å². The normalized spacial score (nSPS) is 22.6. The van der Waals surface area contributed by atoms with Crippen molar-refractivity contribution in [2.45, 2.75) is 25.8 Å². The summed E-state index contributed by atoms with van der Waals surface area (Å²) in [4.78, 5) is 2.35. The molecule has 4 nitrogen and oxygen atoms in total. The van der Waals surface area contributed by atoms with Crippen LogP contribution in [0.25, 0.3) is 0 Å². The van der Waals surface area contributed by atoms with E-state index in [-0.39, 0.29) is 12.1 Å². The zero-order valence-electron chi connectivity index (χ0n) is 9.96. The molecule has 2 N–H and O–H groups in total. The largest absolute Gasteiger partial charge is 0.394 e. The number of aliphatic hydroxyl groups is 1. The average molecular weight is 216 g/mol. The summed E-state index contributed by atoms with van der Waals surface area (Å²) in [5.74, 6) is 0. The Morgan fingerprint density at radius 2 is 2.07 bits per heavy atom. The molecule has 0 aromatic carbocycles. The quantitative estimate of drug-likeness (QED) is 0.659. The Labute approximate surface area is 92.6 Å². The topological polar surface area (TPSA) is 44.7 Å². The molecule has 1 saturated heterocycles. The predicted octanol–water partition coefficient (Wildman–Crippen LogP) is 0.0692. The highest BCUT2D eigenvalue weighted by Gasteiger charge is 2.26. The second-order valence-corrected chi connectivity index (χ2v) is 4.53. The lowest BCUT2D eigenvalue weighted by molar-refractivity contribution is 0.0174. The van der Waals surface area contributed by atoms with Crippen LogP contribution in [0.3, 0.4) is 0 Å². The van der Waals surface area contributed by atoms with Gasteiger partial charge in [-0.25, -0.2) is 0 Å². The lowest BCUT2D eigenvalue weighted by atomic mass is 10.0. The molecule has 0 radical (unpaired) electrons. The lowest BCUT2D eigenvalue weighted by Crippen LogP contribution is -2.56. The van der Waals surface area contributed by atoms with E-state index in [1.165, 1.54) is 0 Å². The first-order valence-electron chi connectivity index (χ1n) is 5.86. The van der Waals surface area contributed by atoms with E-state index in [0.29, 0.717) is 0 Å². The van der Waals surface area contributed by atoms with Gasteiger partial charge in [0.15, 0.2) is 0 Å². The molecule has 0 spiro atoms. The fourth-order valence-corrected chi connectivity index (χ4v) is 1.84. The Morgan fingerprint density at radius 3 is 2.60 bits per heavy atom. The minimum atomic E-state index is -0.173. The number of ether oxygens (including phenoxy) is 1. The maximum Gasteiger partial charge on any atom is 0.0623 e. The van der Waals surface area contributed by atoms with Crippen molar-refractivity contribution in [1.29, 1.82) is 0 Å². The third-order valence-electron chi connectivity index (χ3n) is 2.83. The van der Waals surface area contributed by atoms with Crippen molar-refractivity contribution in [1.82, 2.24) is 10.2 Å². The van der Waals surface area contributed by atoms with Gasteiger partial charge in [0.1, 0.15) is 0 Å². The van der Waals surface area contributed by atoms with Gasteiger partial charge in [-0.2, -0.15) is 0 Å². The lowest BCUT2D eigenvalue weighted by Gasteiger charge is -2.36. The summed E-state index contributed by atoms with van der Waals surface area (Å²) in [6.07, 6.45) is 1.10. The van der Waals surface area contributed by atoms with Crippen LogP contribution in [0.2, 0.25) is 0 Å². The zero-order chi connectivity index (χ0) is 11.1. The maximum atomic E-state index is 9.42. The predicted molar refractivity (Wildman–Crippen MR) is 61.0 cm³/mol. The summed E-state index contributed by atoms with van der Waals surface area (Å²) < 4.78 is 5.30. The van der Waals surface area contributed by atoms with Crippen molar-refractivity contribution >= 4 is 0 Å². The van der Waals surface area contributed by atoms with Crippen LogP contribution in [0.5, 0.6) is 0 Å². The minimum Gasteiger partial charge on any atom is -0.394 e. The molecule has 0 aromatic heterocycles. The highest BCUT2D eigenvalue weighted by atomic mass is 16.5. The maximum absolute atomic E-state index is 9.42. The SMILES string of the molecule is CCCNC(C)(CO)CN1CCOCC1. The molecule has 1 unspecified atom stereocenters. The second-order valence-electron chi connectivity index (χ2n) is 4.53. The minimum absolute atomic E-state index is 0.173. The van der Waals surface area contributed by atoms with Gasteiger partial charge >= 0.3 is 0 Å². The highest BCUT2D eigenvalue weighted by Crippen LogP contribution is 2.08. The molecule has 1 rings (SSSR count). The van der Waals surface area contributed by atoms with Gasteiger partial charge in [-0.15, -0.1) is 0 Å². The molecular formula is C11H24N2O2. The van der Waals surface area contributed by atoms with Crippen LogP contribution in [0.4, 0.5) is 0 Å². The van der Waals surface area contributed by atoms with Gasteiger partial charge in [-0.3, -0.25) is 4.90 Å². The molecule has 0 amide bonds. The number of morpholine rings is 1. The van der Waals surface area contributed by atoms with E-state index in [1.54, 1.807) is 0 Å². The van der Waals surface area contributed by atoms with Crippen LogP contribution in [0.1, 0.15) is 20.3 Å². The second kappa shape index (κ2) is 6.43. The Hall–Kier alpha value is -0.160. The number of hydrogen-bond donors (Lipinski definition) is 2. The van der Waals surface area contributed by atoms with Crippen LogP contribution in [-0.2, 0) is 4.74 Å². The van der Waals surface area contributed by atoms with Crippen molar-refractivity contribution < 1.29 is 9.84 Å². The molecule has 1 atom stereocenters. The van der Waals surface area contributed by atoms with E-state index in [4.69, 9.17) is 4.74 Å². The Bertz CT molecular complexity index is 172. The Morgan fingerprint density at radius 1 is 1.40 bits per heavy atom. The molecular weight excluding hydrogens is 192 g/mol. The van der Waals surface area contributed by atoms with Gasteiger partial charge in [-0.1, -0.05) is 6.92 Å². The molecule has 0 saturated carbocycles. The molecule has 0 aliphatic carbocycles. The van der Waals surface area contributed by atoms with Gasteiger partial charge in [-0.05, 0) is 19.9 Å². The van der Waals surface area contributed by atoms with Gasteiger partial charge < -0.3 is 15.2 Å². The van der Waals surface area contributed by atoms with Crippen molar-refractivity contribution in [2.24, 2.45) is 0 Å². The molecule has 1 aliphatic rings. The highest BCUT2D eigenvalue weighted by molar-refractivity contribution is 4.86. The van der Waals surface area contributed by atoms with Crippen molar-refractivity contribution in [2.75, 3.05) is 46.0 Å². The third-order valence-corrected chi connectivity index (χ3v) is 2.83. The van der Waals surface area contributed by atoms with E-state index < -0.39 is 0 Å². The third kappa shape index (κ3) is 4.47. The number of rotatable bonds is 6. The fraction of sp³-hybridized carbons (Fsp3) is 1.00. The van der Waals surface area contributed by atoms with Crippen molar-refractivity contribution in [3.63, 3.8) is 0 Å². The summed E-state index contributed by atoms with van der Waals surface area (Å²) in [6, 6.07) is 0. The molecule has 4 heteroatoms. The standard InChI is InChI=1S/C11H24N2O2/c1-3-4-12-11(2,10-14)9-13-5-7-15-8-6-13/h12,14H,3-10H2,1-2H3. The smallest absolute Gasteiger partial charge is 0.0623 e. The first-order valence-corrected chi connectivity index (χ1v) is 5.86. The van der Waals surface area contributed by atoms with Gasteiger partial charge in [0.25, 0.3) is 0 Å². The van der Waals surface area contributed by atoms with E-state index in [0.717, 1.165) is 45.8 Å². The van der Waals surface area contributed by atoms with E-state index in [9.17, 15) is 5.11 Å². The molecule has 1 aliphatic heterocycles. The van der Waals surface area contributed by atoms with Gasteiger partial charge in [0.2, 0.25) is 0 Å². The summed E-state index contributed by atoms with van der Waals surface area (Å²) in [7, 11) is 0. The summed E-state index contributed by atoms with van der Waals surface area (Å²) in [5, 5.41) is 12.8. The number of aliphatic hydroxyl groups excluding tert-OH is 1. The number of nitrogens with zero attached hydrogens (tertiary/aromatic N) is 1. The zero-order valence-corrected chi connectivity index (χ0v) is 9.96. The van der Waals surface area contributed by atoms with Crippen LogP contribution >= 0.6 is 0 Å². The molecule has 1 fully saturated rings. The molecule has 15 heavy (non-hydrogen) atoms. The molecule has 1 heterocycles. The van der Waals surface area contributed by atoms with Gasteiger partial charge in [0, 0.05) is 19.6 Å². The molecule has 0 aromatic rings. The van der Waals surface area contributed by atoms with Crippen LogP contribution in [0.15, 0.2) is 0 Å². The fourth-order valence-electron chi connectivity index (χ4n) is 1.84. The van der Waals surface area contributed by atoms with Gasteiger partial charge in [0.05, 0.1) is 25.4 Å². The Kier molecular flexibility index (Phi) is 5.53. The Balaban J connectivity index is 2.35. The average Bonchev–Trinajstić information content (AvgIpc) is 2.28. The number of nitrogens with one attached hydrogen (secondary N) is 1. The number of hydrogen-bond acceptors (Lipinski definition) is 4. The first-order chi connectivity index (χ1) is 7.20. The molecule has 90 valence electrons.